The number of carboxylic acids is 1. The fourth-order valence-electron chi connectivity index (χ4n) is 7.33. The Labute approximate surface area is 223 Å². The molecular formula is C32H35N3O3. The molecule has 3 saturated carbocycles. The highest BCUT2D eigenvalue weighted by Gasteiger charge is 2.49. The van der Waals surface area contributed by atoms with Crippen molar-refractivity contribution in [2.75, 3.05) is 18.0 Å². The van der Waals surface area contributed by atoms with Crippen molar-refractivity contribution < 1.29 is 14.4 Å². The lowest BCUT2D eigenvalue weighted by Crippen LogP contribution is -2.42. The topological polar surface area (TPSA) is 79.5 Å². The number of hydrogen-bond donors (Lipinski definition) is 1. The zero-order valence-corrected chi connectivity index (χ0v) is 22.1. The number of pyridine rings is 1. The fraction of sp³-hybridized carbons (Fsp3) is 0.531. The Morgan fingerprint density at radius 1 is 1.08 bits per heavy atom. The number of nitrogens with zero attached hydrogens (tertiary/aromatic N) is 3. The number of benzene rings is 1. The van der Waals surface area contributed by atoms with Crippen LogP contribution in [-0.2, 0) is 0 Å². The molecule has 196 valence electrons. The first-order valence-electron chi connectivity index (χ1n) is 14.6. The van der Waals surface area contributed by atoms with E-state index >= 15 is 0 Å². The van der Waals surface area contributed by atoms with Gasteiger partial charge in [-0.15, -0.1) is 0 Å². The van der Waals surface area contributed by atoms with Crippen molar-refractivity contribution in [2.24, 2.45) is 17.3 Å². The molecule has 4 aliphatic carbocycles. The minimum Gasteiger partial charge on any atom is -0.477 e. The number of fused-ring (bicyclic) bond motifs is 1. The molecule has 1 aromatic carbocycles. The molecule has 38 heavy (non-hydrogen) atoms. The summed E-state index contributed by atoms with van der Waals surface area (Å²) >= 11 is 0. The normalized spacial score (nSPS) is 22.7. The number of piperidine rings is 1. The van der Waals surface area contributed by atoms with Crippen LogP contribution in [0.5, 0.6) is 0 Å². The van der Waals surface area contributed by atoms with E-state index in [1.54, 1.807) is 6.07 Å². The van der Waals surface area contributed by atoms with Crippen molar-refractivity contribution in [3.05, 3.63) is 58.6 Å². The maximum Gasteiger partial charge on any atom is 0.354 e. The van der Waals surface area contributed by atoms with Crippen LogP contribution in [0, 0.1) is 24.2 Å². The van der Waals surface area contributed by atoms with E-state index in [4.69, 9.17) is 9.68 Å². The number of carbonyl (C=O) groups is 1. The van der Waals surface area contributed by atoms with Crippen LogP contribution < -0.4 is 4.90 Å². The molecular weight excluding hydrogens is 474 g/mol. The predicted molar refractivity (Wildman–Crippen MR) is 147 cm³/mol. The molecule has 1 spiro atoms. The summed E-state index contributed by atoms with van der Waals surface area (Å²) in [5.74, 6) is 3.14. The van der Waals surface area contributed by atoms with E-state index in [-0.39, 0.29) is 5.69 Å². The van der Waals surface area contributed by atoms with Gasteiger partial charge in [0.25, 0.3) is 0 Å². The molecule has 2 aromatic heterocycles. The molecule has 0 atom stereocenters. The average Bonchev–Trinajstić information content (AvgIpc) is 3.75. The second-order valence-electron chi connectivity index (χ2n) is 12.8. The first-order chi connectivity index (χ1) is 18.5. The number of carboxylic acid groups (broad SMARTS) is 1. The van der Waals surface area contributed by atoms with E-state index in [1.165, 1.54) is 66.8 Å². The van der Waals surface area contributed by atoms with E-state index in [0.29, 0.717) is 17.3 Å². The lowest BCUT2D eigenvalue weighted by molar-refractivity contribution is 0.0691. The molecule has 1 N–H and O–H groups in total. The maximum absolute atomic E-state index is 11.4. The highest BCUT2D eigenvalue weighted by atomic mass is 16.5. The highest BCUT2D eigenvalue weighted by molar-refractivity contribution is 5.92. The number of rotatable bonds is 7. The molecule has 3 aromatic rings. The first-order valence-corrected chi connectivity index (χ1v) is 14.6. The fourth-order valence-corrected chi connectivity index (χ4v) is 7.33. The molecule has 6 nitrogen and oxygen atoms in total. The molecule has 8 rings (SSSR count). The number of hydrogen-bond acceptors (Lipinski definition) is 5. The van der Waals surface area contributed by atoms with Crippen LogP contribution in [0.2, 0.25) is 0 Å². The van der Waals surface area contributed by atoms with E-state index in [2.05, 4.69) is 28.1 Å². The van der Waals surface area contributed by atoms with Crippen molar-refractivity contribution >= 4 is 28.1 Å². The quantitative estimate of drug-likeness (QED) is 0.366. The monoisotopic (exact) mass is 509 g/mol. The number of aromatic nitrogens is 2. The van der Waals surface area contributed by atoms with E-state index in [1.807, 2.05) is 13.0 Å². The van der Waals surface area contributed by atoms with Crippen molar-refractivity contribution in [1.82, 2.24) is 10.1 Å². The van der Waals surface area contributed by atoms with Gasteiger partial charge < -0.3 is 14.5 Å². The summed E-state index contributed by atoms with van der Waals surface area (Å²) in [4.78, 5) is 18.2. The van der Waals surface area contributed by atoms with Gasteiger partial charge in [0, 0.05) is 41.6 Å². The summed E-state index contributed by atoms with van der Waals surface area (Å²) < 4.78 is 6.09. The predicted octanol–water partition coefficient (Wildman–Crippen LogP) is 7.08. The third-order valence-corrected chi connectivity index (χ3v) is 9.96. The minimum absolute atomic E-state index is 0.108. The Hall–Kier alpha value is -3.15. The van der Waals surface area contributed by atoms with Crippen LogP contribution in [0.4, 0.5) is 5.69 Å². The number of aromatic carboxylic acids is 1. The van der Waals surface area contributed by atoms with E-state index in [0.717, 1.165) is 60.7 Å². The summed E-state index contributed by atoms with van der Waals surface area (Å²) in [5, 5.41) is 15.1. The molecule has 6 heteroatoms. The molecule has 1 saturated heterocycles. The highest BCUT2D eigenvalue weighted by Crippen LogP contribution is 2.60. The van der Waals surface area contributed by atoms with Gasteiger partial charge in [0.1, 0.15) is 11.5 Å². The van der Waals surface area contributed by atoms with Crippen molar-refractivity contribution in [3.63, 3.8) is 0 Å². The Morgan fingerprint density at radius 3 is 2.42 bits per heavy atom. The van der Waals surface area contributed by atoms with Gasteiger partial charge in [0.15, 0.2) is 0 Å². The third kappa shape index (κ3) is 3.78. The minimum atomic E-state index is -0.980. The smallest absolute Gasteiger partial charge is 0.354 e. The summed E-state index contributed by atoms with van der Waals surface area (Å²) in [5.41, 5.74) is 7.60. The zero-order valence-electron chi connectivity index (χ0n) is 22.1. The zero-order chi connectivity index (χ0) is 25.6. The van der Waals surface area contributed by atoms with Gasteiger partial charge in [-0.25, -0.2) is 9.78 Å². The van der Waals surface area contributed by atoms with Gasteiger partial charge in [-0.3, -0.25) is 0 Å². The van der Waals surface area contributed by atoms with Crippen LogP contribution in [0.15, 0.2) is 34.9 Å². The summed E-state index contributed by atoms with van der Waals surface area (Å²) in [6, 6.07) is 7.93. The van der Waals surface area contributed by atoms with Gasteiger partial charge in [-0.1, -0.05) is 11.2 Å². The lowest BCUT2D eigenvalue weighted by atomic mass is 9.63. The van der Waals surface area contributed by atoms with E-state index in [9.17, 15) is 9.90 Å². The number of anilines is 1. The molecule has 5 aliphatic rings. The number of aryl methyl sites for hydroxylation is 1. The second kappa shape index (κ2) is 8.17. The van der Waals surface area contributed by atoms with Crippen LogP contribution in [-0.4, -0.2) is 34.3 Å². The van der Waals surface area contributed by atoms with Gasteiger partial charge in [0.05, 0.1) is 11.2 Å². The van der Waals surface area contributed by atoms with Gasteiger partial charge in [0.2, 0.25) is 0 Å². The molecule has 1 aliphatic heterocycles. The lowest BCUT2D eigenvalue weighted by Gasteiger charge is -2.47. The molecule has 3 heterocycles. The molecule has 4 fully saturated rings. The Morgan fingerprint density at radius 2 is 1.79 bits per heavy atom. The maximum atomic E-state index is 11.4. The van der Waals surface area contributed by atoms with Gasteiger partial charge in [-0.2, -0.15) is 0 Å². The van der Waals surface area contributed by atoms with Crippen LogP contribution >= 0.6 is 0 Å². The van der Waals surface area contributed by atoms with E-state index < -0.39 is 5.97 Å². The molecule has 0 unspecified atom stereocenters. The van der Waals surface area contributed by atoms with Crippen molar-refractivity contribution in [2.45, 2.75) is 76.5 Å². The average molecular weight is 510 g/mol. The van der Waals surface area contributed by atoms with Crippen molar-refractivity contribution in [1.29, 1.82) is 0 Å². The third-order valence-electron chi connectivity index (χ3n) is 9.96. The largest absolute Gasteiger partial charge is 0.477 e. The van der Waals surface area contributed by atoms with Gasteiger partial charge in [-0.05, 0) is 117 Å². The Kier molecular flexibility index (Phi) is 4.90. The SMILES string of the molecule is Cc1cc(C(=O)O)nc2ccc(N3CCC4(C=C(c5c(C(C6CC6)C6CC6)noc5C5CC5)C4)CC3)cc12. The molecule has 0 bridgehead atoms. The van der Waals surface area contributed by atoms with Crippen LogP contribution in [0.25, 0.3) is 16.5 Å². The summed E-state index contributed by atoms with van der Waals surface area (Å²) in [6.45, 7) is 4.04. The first kappa shape index (κ1) is 22.8. The van der Waals surface area contributed by atoms with Crippen LogP contribution in [0.3, 0.4) is 0 Å². The number of allylic oxidation sites excluding steroid dienone is 2. The Balaban J connectivity index is 1.02. The molecule has 0 amide bonds. The van der Waals surface area contributed by atoms with Gasteiger partial charge >= 0.3 is 5.97 Å². The van der Waals surface area contributed by atoms with Crippen LogP contribution in [0.1, 0.15) is 103 Å². The molecule has 0 radical (unpaired) electrons. The second-order valence-corrected chi connectivity index (χ2v) is 12.8. The van der Waals surface area contributed by atoms with Crippen molar-refractivity contribution in [3.8, 4) is 0 Å². The Bertz CT molecular complexity index is 1470. The summed E-state index contributed by atoms with van der Waals surface area (Å²) in [6.07, 6.45) is 14.1. The standard InChI is InChI=1S/C32H35N3O3/c1-18-14-26(31(36)37)33-25-9-8-23(15-24(18)25)35-12-10-32(11-13-35)16-22(17-32)28-29(34-38-30(28)21-6-7-21)27(19-2-3-19)20-4-5-20/h8-9,14-16,19-21,27H,2-7,10-13,17H2,1H3,(H,36,37). The summed E-state index contributed by atoms with van der Waals surface area (Å²) in [7, 11) is 0.